The molecule has 0 amide bonds. The summed E-state index contributed by atoms with van der Waals surface area (Å²) in [5, 5.41) is 9.46. The standard InChI is InChI=1S/C11H24O3/c1-6-7-13-9(2)10(3)14-8-11(4,5)12/h9-10,12H,6-8H2,1-5H3. The molecule has 0 saturated heterocycles. The minimum Gasteiger partial charge on any atom is -0.388 e. The van der Waals surface area contributed by atoms with Crippen molar-refractivity contribution in [1.29, 1.82) is 0 Å². The molecule has 3 nitrogen and oxygen atoms in total. The lowest BCUT2D eigenvalue weighted by Gasteiger charge is -2.25. The maximum Gasteiger partial charge on any atom is 0.0824 e. The van der Waals surface area contributed by atoms with E-state index in [2.05, 4.69) is 6.92 Å². The topological polar surface area (TPSA) is 38.7 Å². The van der Waals surface area contributed by atoms with Gasteiger partial charge in [-0.25, -0.2) is 0 Å². The van der Waals surface area contributed by atoms with Crippen molar-refractivity contribution in [1.82, 2.24) is 0 Å². The average Bonchev–Trinajstić information content (AvgIpc) is 2.09. The van der Waals surface area contributed by atoms with Gasteiger partial charge >= 0.3 is 0 Å². The zero-order valence-corrected chi connectivity index (χ0v) is 10.0. The summed E-state index contributed by atoms with van der Waals surface area (Å²) in [6, 6.07) is 0. The summed E-state index contributed by atoms with van der Waals surface area (Å²) >= 11 is 0. The molecule has 0 bridgehead atoms. The zero-order valence-electron chi connectivity index (χ0n) is 10.0. The second-order valence-corrected chi connectivity index (χ2v) is 4.40. The summed E-state index contributed by atoms with van der Waals surface area (Å²) < 4.78 is 11.0. The summed E-state index contributed by atoms with van der Waals surface area (Å²) in [5.74, 6) is 0. The van der Waals surface area contributed by atoms with Crippen LogP contribution in [-0.2, 0) is 9.47 Å². The highest BCUT2D eigenvalue weighted by molar-refractivity contribution is 4.67. The van der Waals surface area contributed by atoms with Crippen molar-refractivity contribution in [3.8, 4) is 0 Å². The molecular weight excluding hydrogens is 180 g/mol. The monoisotopic (exact) mass is 204 g/mol. The van der Waals surface area contributed by atoms with Crippen LogP contribution >= 0.6 is 0 Å². The molecule has 0 aromatic heterocycles. The van der Waals surface area contributed by atoms with Crippen LogP contribution in [0.5, 0.6) is 0 Å². The zero-order chi connectivity index (χ0) is 11.2. The Bertz CT molecular complexity index is 140. The van der Waals surface area contributed by atoms with E-state index in [1.165, 1.54) is 0 Å². The van der Waals surface area contributed by atoms with E-state index in [1.54, 1.807) is 13.8 Å². The molecule has 0 saturated carbocycles. The fraction of sp³-hybridized carbons (Fsp3) is 1.00. The van der Waals surface area contributed by atoms with E-state index in [1.807, 2.05) is 13.8 Å². The van der Waals surface area contributed by atoms with Gasteiger partial charge in [-0.3, -0.25) is 0 Å². The summed E-state index contributed by atoms with van der Waals surface area (Å²) in [5.41, 5.74) is -0.765. The second kappa shape index (κ2) is 6.38. The van der Waals surface area contributed by atoms with Gasteiger partial charge in [-0.15, -0.1) is 0 Å². The first-order valence-electron chi connectivity index (χ1n) is 5.32. The summed E-state index contributed by atoms with van der Waals surface area (Å²) in [6.45, 7) is 10.6. The predicted molar refractivity (Wildman–Crippen MR) is 57.4 cm³/mol. The highest BCUT2D eigenvalue weighted by atomic mass is 16.5. The molecular formula is C11H24O3. The van der Waals surface area contributed by atoms with E-state index in [9.17, 15) is 5.11 Å². The number of hydrogen-bond donors (Lipinski definition) is 1. The lowest BCUT2D eigenvalue weighted by molar-refractivity contribution is -0.0978. The van der Waals surface area contributed by atoms with Gasteiger partial charge in [0, 0.05) is 6.61 Å². The van der Waals surface area contributed by atoms with Crippen molar-refractivity contribution < 1.29 is 14.6 Å². The molecule has 0 aliphatic heterocycles. The van der Waals surface area contributed by atoms with Gasteiger partial charge in [0.1, 0.15) is 0 Å². The maximum absolute atomic E-state index is 9.46. The summed E-state index contributed by atoms with van der Waals surface area (Å²) in [4.78, 5) is 0. The molecule has 2 unspecified atom stereocenters. The lowest BCUT2D eigenvalue weighted by atomic mass is 10.1. The number of hydrogen-bond acceptors (Lipinski definition) is 3. The van der Waals surface area contributed by atoms with E-state index >= 15 is 0 Å². The average molecular weight is 204 g/mol. The minimum absolute atomic E-state index is 0.0213. The van der Waals surface area contributed by atoms with Gasteiger partial charge in [0.05, 0.1) is 24.4 Å². The van der Waals surface area contributed by atoms with Gasteiger partial charge in [0.25, 0.3) is 0 Å². The molecule has 86 valence electrons. The largest absolute Gasteiger partial charge is 0.388 e. The Morgan fingerprint density at radius 1 is 1.14 bits per heavy atom. The van der Waals surface area contributed by atoms with E-state index in [4.69, 9.17) is 9.47 Å². The van der Waals surface area contributed by atoms with Crippen LogP contribution in [0.25, 0.3) is 0 Å². The highest BCUT2D eigenvalue weighted by Crippen LogP contribution is 2.08. The molecule has 0 radical (unpaired) electrons. The molecule has 1 N–H and O–H groups in total. The molecule has 2 atom stereocenters. The Labute approximate surface area is 87.4 Å². The van der Waals surface area contributed by atoms with Gasteiger partial charge in [-0.2, -0.15) is 0 Å². The first-order valence-corrected chi connectivity index (χ1v) is 5.32. The molecule has 0 rings (SSSR count). The molecule has 0 fully saturated rings. The molecule has 14 heavy (non-hydrogen) atoms. The van der Waals surface area contributed by atoms with E-state index in [0.29, 0.717) is 6.61 Å². The molecule has 0 heterocycles. The van der Waals surface area contributed by atoms with E-state index < -0.39 is 5.60 Å². The third-order valence-corrected chi connectivity index (χ3v) is 1.95. The van der Waals surface area contributed by atoms with Crippen LogP contribution in [0.4, 0.5) is 0 Å². The van der Waals surface area contributed by atoms with Crippen LogP contribution in [0.2, 0.25) is 0 Å². The van der Waals surface area contributed by atoms with Gasteiger partial charge in [0.15, 0.2) is 0 Å². The highest BCUT2D eigenvalue weighted by Gasteiger charge is 2.18. The molecule has 0 aromatic carbocycles. The van der Waals surface area contributed by atoms with Crippen molar-refractivity contribution in [3.63, 3.8) is 0 Å². The SMILES string of the molecule is CCCOC(C)C(C)OCC(C)(C)O. The van der Waals surface area contributed by atoms with Crippen LogP contribution in [0.15, 0.2) is 0 Å². The third kappa shape index (κ3) is 7.30. The minimum atomic E-state index is -0.765. The normalized spacial score (nSPS) is 16.7. The fourth-order valence-electron chi connectivity index (χ4n) is 0.910. The van der Waals surface area contributed by atoms with Crippen molar-refractivity contribution in [2.75, 3.05) is 13.2 Å². The third-order valence-electron chi connectivity index (χ3n) is 1.95. The molecule has 0 spiro atoms. The summed E-state index contributed by atoms with van der Waals surface area (Å²) in [6.07, 6.45) is 1.12. The van der Waals surface area contributed by atoms with Crippen molar-refractivity contribution in [2.24, 2.45) is 0 Å². The molecule has 0 aliphatic rings. The Morgan fingerprint density at radius 2 is 1.64 bits per heavy atom. The van der Waals surface area contributed by atoms with Crippen LogP contribution in [0.1, 0.15) is 41.0 Å². The smallest absolute Gasteiger partial charge is 0.0824 e. The van der Waals surface area contributed by atoms with Crippen molar-refractivity contribution >= 4 is 0 Å². The van der Waals surface area contributed by atoms with Gasteiger partial charge in [-0.1, -0.05) is 6.92 Å². The van der Waals surface area contributed by atoms with Crippen LogP contribution in [0, 0.1) is 0 Å². The number of aliphatic hydroxyl groups is 1. The Hall–Kier alpha value is -0.120. The molecule has 0 aromatic rings. The summed E-state index contributed by atoms with van der Waals surface area (Å²) in [7, 11) is 0. The van der Waals surface area contributed by atoms with Gasteiger partial charge in [0.2, 0.25) is 0 Å². The molecule has 0 aliphatic carbocycles. The second-order valence-electron chi connectivity index (χ2n) is 4.40. The Kier molecular flexibility index (Phi) is 6.33. The lowest BCUT2D eigenvalue weighted by Crippen LogP contribution is -2.33. The van der Waals surface area contributed by atoms with Gasteiger partial charge < -0.3 is 14.6 Å². The first kappa shape index (κ1) is 13.9. The van der Waals surface area contributed by atoms with Crippen molar-refractivity contribution in [3.05, 3.63) is 0 Å². The predicted octanol–water partition coefficient (Wildman–Crippen LogP) is 1.98. The van der Waals surface area contributed by atoms with Crippen LogP contribution in [-0.4, -0.2) is 36.1 Å². The first-order chi connectivity index (χ1) is 6.37. The quantitative estimate of drug-likeness (QED) is 0.689. The van der Waals surface area contributed by atoms with Gasteiger partial charge in [-0.05, 0) is 34.1 Å². The van der Waals surface area contributed by atoms with E-state index in [0.717, 1.165) is 13.0 Å². The molecule has 3 heteroatoms. The Morgan fingerprint density at radius 3 is 2.07 bits per heavy atom. The fourth-order valence-corrected chi connectivity index (χ4v) is 0.910. The van der Waals surface area contributed by atoms with Crippen LogP contribution in [0.3, 0.4) is 0 Å². The van der Waals surface area contributed by atoms with Crippen molar-refractivity contribution in [2.45, 2.75) is 58.8 Å². The number of ether oxygens (including phenoxy) is 2. The number of rotatable bonds is 7. The Balaban J connectivity index is 3.67. The van der Waals surface area contributed by atoms with Crippen LogP contribution < -0.4 is 0 Å². The maximum atomic E-state index is 9.46. The van der Waals surface area contributed by atoms with E-state index in [-0.39, 0.29) is 12.2 Å².